The minimum Gasteiger partial charge on any atom is -0.379 e. The summed E-state index contributed by atoms with van der Waals surface area (Å²) >= 11 is 0. The molecule has 0 aromatic rings. The molecule has 3 heterocycles. The Morgan fingerprint density at radius 2 is 1.93 bits per heavy atom. The number of likely N-dealkylation sites (N-methyl/N-ethyl adjacent to an activating group) is 1. The van der Waals surface area contributed by atoms with Crippen molar-refractivity contribution in [1.29, 1.82) is 0 Å². The van der Waals surface area contributed by atoms with Gasteiger partial charge in [-0.2, -0.15) is 0 Å². The number of hydrogen-bond donors (Lipinski definition) is 1. The summed E-state index contributed by atoms with van der Waals surface area (Å²) in [4.78, 5) is 23.0. The van der Waals surface area contributed by atoms with Crippen LogP contribution < -0.4 is 5.32 Å². The van der Waals surface area contributed by atoms with E-state index in [1.807, 2.05) is 0 Å². The first-order valence-electron chi connectivity index (χ1n) is 10.3. The maximum absolute atomic E-state index is 12.0. The number of carbonyl (C=O) groups excluding carboxylic acids is 1. The minimum absolute atomic E-state index is 0. The molecule has 2 unspecified atom stereocenters. The quantitative estimate of drug-likeness (QED) is 0.333. The molecule has 0 aliphatic carbocycles. The summed E-state index contributed by atoms with van der Waals surface area (Å²) in [5.74, 6) is 0.863. The molecule has 8 nitrogen and oxygen atoms in total. The lowest BCUT2D eigenvalue weighted by Gasteiger charge is -2.32. The van der Waals surface area contributed by atoms with Crippen molar-refractivity contribution >= 4 is 35.8 Å². The Kier molecular flexibility index (Phi) is 10.2. The molecule has 3 rings (SSSR count). The van der Waals surface area contributed by atoms with Gasteiger partial charge in [0.15, 0.2) is 5.96 Å². The van der Waals surface area contributed by atoms with Gasteiger partial charge in [-0.25, -0.2) is 4.99 Å². The predicted octanol–water partition coefficient (Wildman–Crippen LogP) is 0.614. The topological polar surface area (TPSA) is 69.6 Å². The van der Waals surface area contributed by atoms with Crippen LogP contribution in [0.2, 0.25) is 0 Å². The molecule has 0 bridgehead atoms. The van der Waals surface area contributed by atoms with Crippen LogP contribution in [0.3, 0.4) is 0 Å². The summed E-state index contributed by atoms with van der Waals surface area (Å²) in [6, 6.07) is 0.538. The molecule has 0 aromatic heterocycles. The summed E-state index contributed by atoms with van der Waals surface area (Å²) in [5, 5.41) is 3.49. The lowest BCUT2D eigenvalue weighted by atomic mass is 10.1. The molecule has 28 heavy (non-hydrogen) atoms. The first-order chi connectivity index (χ1) is 13.1. The average molecular weight is 509 g/mol. The van der Waals surface area contributed by atoms with Crippen molar-refractivity contribution < 1.29 is 14.3 Å². The number of amides is 1. The highest BCUT2D eigenvalue weighted by atomic mass is 127. The number of morpholine rings is 1. The second-order valence-electron chi connectivity index (χ2n) is 7.83. The number of carbonyl (C=O) groups is 1. The zero-order valence-electron chi connectivity index (χ0n) is 17.3. The average Bonchev–Trinajstić information content (AvgIpc) is 3.19. The van der Waals surface area contributed by atoms with E-state index in [9.17, 15) is 4.79 Å². The molecule has 3 aliphatic heterocycles. The predicted molar refractivity (Wildman–Crippen MR) is 120 cm³/mol. The Bertz CT molecular complexity index is 508. The molecule has 0 saturated carbocycles. The standard InChI is InChI=1S/C19H35N5O3.HI/c1-22(2)18(25)14-21-19(20-13-17-5-3-4-10-27-17)24-7-6-16(15-24)23-8-11-26-12-9-23;/h16-17H,3-15H2,1-2H3,(H,20,21);1H. The first-order valence-corrected chi connectivity index (χ1v) is 10.3. The third-order valence-electron chi connectivity index (χ3n) is 5.65. The molecule has 3 aliphatic rings. The number of rotatable bonds is 5. The molecular formula is C19H36IN5O3. The van der Waals surface area contributed by atoms with Crippen LogP contribution in [0, 0.1) is 0 Å². The van der Waals surface area contributed by atoms with Crippen LogP contribution in [-0.4, -0.2) is 112 Å². The molecule has 9 heteroatoms. The Labute approximate surface area is 186 Å². The van der Waals surface area contributed by atoms with Crippen molar-refractivity contribution in [2.24, 2.45) is 4.99 Å². The van der Waals surface area contributed by atoms with Crippen LogP contribution in [-0.2, 0) is 14.3 Å². The summed E-state index contributed by atoms with van der Waals surface area (Å²) in [5.41, 5.74) is 0. The number of aliphatic imine (C=N–C) groups is 1. The molecule has 2 atom stereocenters. The van der Waals surface area contributed by atoms with Crippen molar-refractivity contribution in [3.8, 4) is 0 Å². The maximum Gasteiger partial charge on any atom is 0.243 e. The van der Waals surface area contributed by atoms with Gasteiger partial charge in [0.1, 0.15) is 6.54 Å². The first kappa shape index (κ1) is 23.6. The lowest BCUT2D eigenvalue weighted by molar-refractivity contribution is -0.127. The number of ether oxygens (including phenoxy) is 2. The Balaban J connectivity index is 0.00000280. The summed E-state index contributed by atoms with van der Waals surface area (Å²) < 4.78 is 11.3. The molecule has 0 spiro atoms. The summed E-state index contributed by atoms with van der Waals surface area (Å²) in [6.45, 7) is 7.37. The number of likely N-dealkylation sites (tertiary alicyclic amines) is 1. The van der Waals surface area contributed by atoms with Gasteiger partial charge in [0.2, 0.25) is 5.91 Å². The fourth-order valence-corrected chi connectivity index (χ4v) is 3.90. The van der Waals surface area contributed by atoms with Gasteiger partial charge in [-0.1, -0.05) is 0 Å². The van der Waals surface area contributed by atoms with Crippen LogP contribution in [0.4, 0.5) is 0 Å². The maximum atomic E-state index is 12.0. The molecule has 3 saturated heterocycles. The second-order valence-corrected chi connectivity index (χ2v) is 7.83. The number of nitrogens with one attached hydrogen (secondary N) is 1. The highest BCUT2D eigenvalue weighted by Gasteiger charge is 2.30. The fourth-order valence-electron chi connectivity index (χ4n) is 3.90. The third kappa shape index (κ3) is 7.00. The van der Waals surface area contributed by atoms with Gasteiger partial charge in [0, 0.05) is 59.5 Å². The van der Waals surface area contributed by atoms with Gasteiger partial charge >= 0.3 is 0 Å². The minimum atomic E-state index is 0. The van der Waals surface area contributed by atoms with E-state index in [1.54, 1.807) is 19.0 Å². The largest absolute Gasteiger partial charge is 0.379 e. The van der Waals surface area contributed by atoms with Crippen LogP contribution in [0.1, 0.15) is 25.7 Å². The second kappa shape index (κ2) is 12.1. The Hall–Kier alpha value is -0.650. The molecule has 1 amide bonds. The van der Waals surface area contributed by atoms with E-state index in [0.29, 0.717) is 6.04 Å². The molecule has 3 fully saturated rings. The van der Waals surface area contributed by atoms with E-state index in [4.69, 9.17) is 9.47 Å². The summed E-state index contributed by atoms with van der Waals surface area (Å²) in [6.07, 6.45) is 4.84. The number of hydrogen-bond acceptors (Lipinski definition) is 5. The van der Waals surface area contributed by atoms with E-state index in [2.05, 4.69) is 20.1 Å². The Morgan fingerprint density at radius 3 is 2.61 bits per heavy atom. The van der Waals surface area contributed by atoms with Crippen molar-refractivity contribution in [2.75, 3.05) is 73.2 Å². The molecular weight excluding hydrogens is 473 g/mol. The number of guanidine groups is 1. The SMILES string of the molecule is CN(C)C(=O)CN=C(NCC1CCCCO1)N1CCC(N2CCOCC2)C1.I. The monoisotopic (exact) mass is 509 g/mol. The fraction of sp³-hybridized carbons (Fsp3) is 0.895. The zero-order chi connectivity index (χ0) is 19.1. The zero-order valence-corrected chi connectivity index (χ0v) is 19.6. The van der Waals surface area contributed by atoms with E-state index in [0.717, 1.165) is 77.8 Å². The lowest BCUT2D eigenvalue weighted by Crippen LogP contribution is -2.48. The van der Waals surface area contributed by atoms with Crippen LogP contribution in [0.25, 0.3) is 0 Å². The van der Waals surface area contributed by atoms with Gasteiger partial charge < -0.3 is 24.6 Å². The molecule has 0 aromatic carbocycles. The van der Waals surface area contributed by atoms with E-state index >= 15 is 0 Å². The van der Waals surface area contributed by atoms with Gasteiger partial charge in [0.05, 0.1) is 19.3 Å². The van der Waals surface area contributed by atoms with Gasteiger partial charge in [-0.3, -0.25) is 9.69 Å². The number of halogens is 1. The van der Waals surface area contributed by atoms with E-state index < -0.39 is 0 Å². The van der Waals surface area contributed by atoms with Crippen molar-refractivity contribution in [2.45, 2.75) is 37.8 Å². The van der Waals surface area contributed by atoms with E-state index in [-0.39, 0.29) is 42.5 Å². The normalized spacial score (nSPS) is 26.6. The van der Waals surface area contributed by atoms with Crippen LogP contribution in [0.5, 0.6) is 0 Å². The van der Waals surface area contributed by atoms with Gasteiger partial charge in [-0.05, 0) is 25.7 Å². The Morgan fingerprint density at radius 1 is 1.14 bits per heavy atom. The van der Waals surface area contributed by atoms with Crippen molar-refractivity contribution in [1.82, 2.24) is 20.0 Å². The smallest absolute Gasteiger partial charge is 0.243 e. The van der Waals surface area contributed by atoms with Crippen LogP contribution >= 0.6 is 24.0 Å². The molecule has 0 radical (unpaired) electrons. The van der Waals surface area contributed by atoms with Crippen molar-refractivity contribution in [3.63, 3.8) is 0 Å². The van der Waals surface area contributed by atoms with E-state index in [1.165, 1.54) is 6.42 Å². The highest BCUT2D eigenvalue weighted by Crippen LogP contribution is 2.17. The molecule has 1 N–H and O–H groups in total. The van der Waals surface area contributed by atoms with Crippen LogP contribution in [0.15, 0.2) is 4.99 Å². The van der Waals surface area contributed by atoms with Gasteiger partial charge in [-0.15, -0.1) is 24.0 Å². The molecule has 162 valence electrons. The number of nitrogens with zero attached hydrogens (tertiary/aromatic N) is 4. The van der Waals surface area contributed by atoms with Crippen molar-refractivity contribution in [3.05, 3.63) is 0 Å². The third-order valence-corrected chi connectivity index (χ3v) is 5.65. The van der Waals surface area contributed by atoms with Gasteiger partial charge in [0.25, 0.3) is 0 Å². The summed E-state index contributed by atoms with van der Waals surface area (Å²) in [7, 11) is 3.54. The highest BCUT2D eigenvalue weighted by molar-refractivity contribution is 14.0.